The zero-order valence-electron chi connectivity index (χ0n) is 16.7. The van der Waals surface area contributed by atoms with Crippen molar-refractivity contribution in [2.75, 3.05) is 13.7 Å². The van der Waals surface area contributed by atoms with Crippen LogP contribution in [0.25, 0.3) is 10.8 Å². The van der Waals surface area contributed by atoms with E-state index >= 15 is 0 Å². The van der Waals surface area contributed by atoms with Crippen LogP contribution in [0.5, 0.6) is 5.75 Å². The van der Waals surface area contributed by atoms with Crippen LogP contribution >= 0.6 is 0 Å². The third kappa shape index (κ3) is 4.27. The molecule has 3 rings (SSSR count). The van der Waals surface area contributed by atoms with Gasteiger partial charge in [0.25, 0.3) is 0 Å². The molecule has 0 radical (unpaired) electrons. The Morgan fingerprint density at radius 3 is 2.24 bits per heavy atom. The smallest absolute Gasteiger partial charge is 0.310 e. The van der Waals surface area contributed by atoms with Crippen molar-refractivity contribution < 1.29 is 22.7 Å². The monoisotopic (exact) mass is 412 g/mol. The lowest BCUT2D eigenvalue weighted by molar-refractivity contribution is -0.147. The van der Waals surface area contributed by atoms with Crippen molar-refractivity contribution in [3.05, 3.63) is 72.3 Å². The molecule has 0 saturated carbocycles. The van der Waals surface area contributed by atoms with E-state index < -0.39 is 27.0 Å². The van der Waals surface area contributed by atoms with Crippen LogP contribution in [0, 0.1) is 5.92 Å². The molecule has 0 saturated heterocycles. The topological polar surface area (TPSA) is 69.7 Å². The van der Waals surface area contributed by atoms with Crippen LogP contribution in [0.4, 0.5) is 0 Å². The van der Waals surface area contributed by atoms with Gasteiger partial charge < -0.3 is 9.47 Å². The van der Waals surface area contributed by atoms with E-state index in [1.807, 2.05) is 36.4 Å². The van der Waals surface area contributed by atoms with Crippen LogP contribution in [-0.2, 0) is 19.4 Å². The summed E-state index contributed by atoms with van der Waals surface area (Å²) in [6, 6.07) is 19.4. The minimum absolute atomic E-state index is 0.132. The van der Waals surface area contributed by atoms with Crippen LogP contribution < -0.4 is 4.74 Å². The van der Waals surface area contributed by atoms with E-state index in [4.69, 9.17) is 9.47 Å². The molecule has 3 aromatic rings. The molecule has 0 aliphatic carbocycles. The maximum absolute atomic E-state index is 13.6. The summed E-state index contributed by atoms with van der Waals surface area (Å²) in [6.07, 6.45) is 0. The number of ether oxygens (including phenoxy) is 2. The van der Waals surface area contributed by atoms with Crippen molar-refractivity contribution in [3.8, 4) is 5.75 Å². The molecule has 0 aromatic heterocycles. The number of benzene rings is 3. The Kier molecular flexibility index (Phi) is 6.23. The Labute approximate surface area is 171 Å². The molecule has 0 aliphatic heterocycles. The summed E-state index contributed by atoms with van der Waals surface area (Å²) in [5, 5.41) is 0.844. The number of esters is 1. The van der Waals surface area contributed by atoms with E-state index in [1.165, 1.54) is 19.2 Å². The van der Waals surface area contributed by atoms with Crippen molar-refractivity contribution in [1.29, 1.82) is 0 Å². The van der Waals surface area contributed by atoms with Gasteiger partial charge in [0, 0.05) is 0 Å². The lowest BCUT2D eigenvalue weighted by atomic mass is 9.98. The molecule has 5 nitrogen and oxygen atoms in total. The lowest BCUT2D eigenvalue weighted by Crippen LogP contribution is -2.28. The summed E-state index contributed by atoms with van der Waals surface area (Å²) in [5.74, 6) is -0.851. The molecule has 0 N–H and O–H groups in total. The maximum atomic E-state index is 13.6. The minimum Gasteiger partial charge on any atom is -0.497 e. The molecule has 2 atom stereocenters. The van der Waals surface area contributed by atoms with Gasteiger partial charge in [0.15, 0.2) is 9.84 Å². The number of hydrogen-bond donors (Lipinski definition) is 0. The van der Waals surface area contributed by atoms with E-state index in [0.29, 0.717) is 11.3 Å². The summed E-state index contributed by atoms with van der Waals surface area (Å²) in [7, 11) is -2.35. The van der Waals surface area contributed by atoms with Crippen LogP contribution in [-0.4, -0.2) is 28.1 Å². The molecular weight excluding hydrogens is 388 g/mol. The highest BCUT2D eigenvalue weighted by Gasteiger charge is 2.38. The highest BCUT2D eigenvalue weighted by molar-refractivity contribution is 7.91. The second-order valence-corrected chi connectivity index (χ2v) is 8.86. The summed E-state index contributed by atoms with van der Waals surface area (Å²) < 4.78 is 37.4. The predicted octanol–water partition coefficient (Wildman–Crippen LogP) is 4.56. The van der Waals surface area contributed by atoms with Gasteiger partial charge in [-0.3, -0.25) is 4.79 Å². The van der Waals surface area contributed by atoms with Gasteiger partial charge in [-0.25, -0.2) is 8.42 Å². The summed E-state index contributed by atoms with van der Waals surface area (Å²) in [6.45, 7) is 3.49. The molecule has 6 heteroatoms. The molecule has 0 fully saturated rings. The molecule has 0 heterocycles. The van der Waals surface area contributed by atoms with Gasteiger partial charge in [-0.1, -0.05) is 43.3 Å². The fraction of sp³-hybridized carbons (Fsp3) is 0.261. The van der Waals surface area contributed by atoms with Crippen LogP contribution in [0.3, 0.4) is 0 Å². The predicted molar refractivity (Wildman–Crippen MR) is 113 cm³/mol. The summed E-state index contributed by atoms with van der Waals surface area (Å²) >= 11 is 0. The first kappa shape index (κ1) is 20.9. The Balaban J connectivity index is 2.14. The van der Waals surface area contributed by atoms with Gasteiger partial charge in [0.1, 0.15) is 11.0 Å². The number of methoxy groups -OCH3 is 1. The van der Waals surface area contributed by atoms with Crippen molar-refractivity contribution in [1.82, 2.24) is 0 Å². The molecule has 29 heavy (non-hydrogen) atoms. The first-order chi connectivity index (χ1) is 13.9. The molecule has 0 bridgehead atoms. The third-order valence-electron chi connectivity index (χ3n) is 4.94. The molecule has 152 valence electrons. The van der Waals surface area contributed by atoms with Crippen LogP contribution in [0.1, 0.15) is 24.7 Å². The summed E-state index contributed by atoms with van der Waals surface area (Å²) in [5.41, 5.74) is 0.556. The molecule has 2 unspecified atom stereocenters. The molecule has 0 spiro atoms. The molecule has 0 amide bonds. The Bertz CT molecular complexity index is 1100. The van der Waals surface area contributed by atoms with Crippen molar-refractivity contribution in [2.45, 2.75) is 24.0 Å². The number of carbonyl (C=O) groups is 1. The van der Waals surface area contributed by atoms with Crippen molar-refractivity contribution in [3.63, 3.8) is 0 Å². The number of hydrogen-bond acceptors (Lipinski definition) is 5. The maximum Gasteiger partial charge on any atom is 0.310 e. The SMILES string of the molecule is CCOC(=O)C(C)C(c1ccc2ccccc2c1)S(=O)(=O)c1ccc(OC)cc1. The van der Waals surface area contributed by atoms with Gasteiger partial charge in [-0.05, 0) is 53.6 Å². The van der Waals surface area contributed by atoms with E-state index in [0.717, 1.165) is 10.8 Å². The zero-order valence-corrected chi connectivity index (χ0v) is 17.5. The normalized spacial score (nSPS) is 13.6. The van der Waals surface area contributed by atoms with E-state index in [1.54, 1.807) is 32.0 Å². The quantitative estimate of drug-likeness (QED) is 0.532. The second-order valence-electron chi connectivity index (χ2n) is 6.79. The summed E-state index contributed by atoms with van der Waals surface area (Å²) in [4.78, 5) is 12.6. The van der Waals surface area contributed by atoms with Crippen LogP contribution in [0.15, 0.2) is 71.6 Å². The first-order valence-electron chi connectivity index (χ1n) is 9.41. The van der Waals surface area contributed by atoms with E-state index in [9.17, 15) is 13.2 Å². The number of sulfone groups is 1. The van der Waals surface area contributed by atoms with Crippen molar-refractivity contribution in [2.24, 2.45) is 5.92 Å². The van der Waals surface area contributed by atoms with Gasteiger partial charge >= 0.3 is 5.97 Å². The van der Waals surface area contributed by atoms with Crippen molar-refractivity contribution >= 4 is 26.6 Å². The highest BCUT2D eigenvalue weighted by Crippen LogP contribution is 2.37. The lowest BCUT2D eigenvalue weighted by Gasteiger charge is -2.24. The average Bonchev–Trinajstić information content (AvgIpc) is 2.73. The molecule has 0 aliphatic rings. The van der Waals surface area contributed by atoms with Gasteiger partial charge in [0.05, 0.1) is 24.5 Å². The Hall–Kier alpha value is -2.86. The molecule has 3 aromatic carbocycles. The Morgan fingerprint density at radius 1 is 0.966 bits per heavy atom. The zero-order chi connectivity index (χ0) is 21.0. The molecular formula is C23H24O5S. The standard InChI is InChI=1S/C23H24O5S/c1-4-28-23(24)16(2)22(19-10-9-17-7-5-6-8-18(17)15-19)29(25,26)21-13-11-20(27-3)12-14-21/h5-16,22H,4H2,1-3H3. The average molecular weight is 413 g/mol. The second kappa shape index (κ2) is 8.66. The minimum atomic E-state index is -3.87. The Morgan fingerprint density at radius 2 is 1.62 bits per heavy atom. The van der Waals surface area contributed by atoms with Gasteiger partial charge in [-0.2, -0.15) is 0 Å². The largest absolute Gasteiger partial charge is 0.497 e. The number of fused-ring (bicyclic) bond motifs is 1. The fourth-order valence-corrected chi connectivity index (χ4v) is 5.39. The number of rotatable bonds is 7. The number of carbonyl (C=O) groups excluding carboxylic acids is 1. The van der Waals surface area contributed by atoms with Gasteiger partial charge in [-0.15, -0.1) is 0 Å². The van der Waals surface area contributed by atoms with E-state index in [-0.39, 0.29) is 11.5 Å². The fourth-order valence-electron chi connectivity index (χ4n) is 3.43. The first-order valence-corrected chi connectivity index (χ1v) is 11.0. The van der Waals surface area contributed by atoms with E-state index in [2.05, 4.69) is 0 Å². The van der Waals surface area contributed by atoms with Crippen LogP contribution in [0.2, 0.25) is 0 Å². The third-order valence-corrected chi connectivity index (χ3v) is 7.22. The van der Waals surface area contributed by atoms with Gasteiger partial charge in [0.2, 0.25) is 0 Å². The highest BCUT2D eigenvalue weighted by atomic mass is 32.2.